The summed E-state index contributed by atoms with van der Waals surface area (Å²) in [4.78, 5) is 37.4. The molecule has 0 aliphatic carbocycles. The summed E-state index contributed by atoms with van der Waals surface area (Å²) in [5.74, 6) is -0.627. The zero-order chi connectivity index (χ0) is 18.8. The van der Waals surface area contributed by atoms with Gasteiger partial charge in [-0.15, -0.1) is 0 Å². The minimum atomic E-state index is -0.632. The van der Waals surface area contributed by atoms with Crippen LogP contribution < -0.4 is 0 Å². The van der Waals surface area contributed by atoms with Crippen molar-refractivity contribution in [2.24, 2.45) is 0 Å². The van der Waals surface area contributed by atoms with E-state index in [2.05, 4.69) is 4.74 Å². The number of hydrogen-bond donors (Lipinski definition) is 1. The van der Waals surface area contributed by atoms with Gasteiger partial charge in [-0.05, 0) is 70.3 Å². The molecule has 1 aromatic heterocycles. The smallest absolute Gasteiger partial charge is 0.373 e. The topological polar surface area (TPSA) is 97.0 Å². The Hall–Kier alpha value is -2.27. The number of methoxy groups -OCH3 is 1. The number of imide groups is 1. The number of phenolic OH excluding ortho intramolecular Hbond substituents is 1. The third-order valence-electron chi connectivity index (χ3n) is 3.51. The average Bonchev–Trinajstić information content (AvgIpc) is 3.18. The Kier molecular flexibility index (Phi) is 5.37. The molecule has 1 aliphatic rings. The highest BCUT2D eigenvalue weighted by Crippen LogP contribution is 2.34. The van der Waals surface area contributed by atoms with Gasteiger partial charge in [0.25, 0.3) is 11.1 Å². The van der Waals surface area contributed by atoms with Gasteiger partial charge < -0.3 is 14.3 Å². The first-order chi connectivity index (χ1) is 12.4. The quantitative estimate of drug-likeness (QED) is 0.402. The minimum absolute atomic E-state index is 0.00341. The SMILES string of the molecule is COC(=O)c1ccc(CN2C(=O)SC(=Cc3ccc(O)c(I)c3)C2=O)o1. The Balaban J connectivity index is 1.78. The van der Waals surface area contributed by atoms with Crippen LogP contribution in [0, 0.1) is 3.57 Å². The first kappa shape index (κ1) is 18.5. The maximum Gasteiger partial charge on any atom is 0.373 e. The van der Waals surface area contributed by atoms with Crippen molar-refractivity contribution in [3.05, 3.63) is 55.9 Å². The first-order valence-corrected chi connectivity index (χ1v) is 9.19. The van der Waals surface area contributed by atoms with Crippen LogP contribution in [0.1, 0.15) is 21.9 Å². The van der Waals surface area contributed by atoms with E-state index in [-0.39, 0.29) is 23.0 Å². The van der Waals surface area contributed by atoms with Crippen molar-refractivity contribution >= 4 is 57.5 Å². The molecule has 1 fully saturated rings. The van der Waals surface area contributed by atoms with Gasteiger partial charge in [-0.2, -0.15) is 0 Å². The van der Waals surface area contributed by atoms with E-state index in [4.69, 9.17) is 4.42 Å². The molecule has 0 atom stereocenters. The van der Waals surface area contributed by atoms with Crippen LogP contribution >= 0.6 is 34.4 Å². The lowest BCUT2D eigenvalue weighted by atomic mass is 10.2. The Morgan fingerprint density at radius 2 is 2.12 bits per heavy atom. The Morgan fingerprint density at radius 3 is 2.81 bits per heavy atom. The van der Waals surface area contributed by atoms with Gasteiger partial charge in [0.05, 0.1) is 22.1 Å². The Labute approximate surface area is 166 Å². The number of benzene rings is 1. The fourth-order valence-corrected chi connectivity index (χ4v) is 3.61. The van der Waals surface area contributed by atoms with Crippen LogP contribution in [0.2, 0.25) is 0 Å². The fourth-order valence-electron chi connectivity index (χ4n) is 2.23. The zero-order valence-corrected chi connectivity index (χ0v) is 16.4. The number of phenols is 1. The van der Waals surface area contributed by atoms with Crippen LogP contribution in [0.3, 0.4) is 0 Å². The number of rotatable bonds is 4. The Bertz CT molecular complexity index is 935. The molecule has 0 spiro atoms. The number of ether oxygens (including phenoxy) is 1. The van der Waals surface area contributed by atoms with Crippen LogP contribution in [-0.4, -0.2) is 34.2 Å². The number of thioether (sulfide) groups is 1. The van der Waals surface area contributed by atoms with Crippen LogP contribution in [0.15, 0.2) is 39.7 Å². The molecule has 2 aromatic rings. The van der Waals surface area contributed by atoms with Crippen LogP contribution in [0.25, 0.3) is 6.08 Å². The minimum Gasteiger partial charge on any atom is -0.507 e. The van der Waals surface area contributed by atoms with Crippen molar-refractivity contribution in [2.75, 3.05) is 7.11 Å². The number of halogens is 1. The lowest BCUT2D eigenvalue weighted by Crippen LogP contribution is -2.27. The summed E-state index contributed by atoms with van der Waals surface area (Å²) in [6.07, 6.45) is 1.59. The van der Waals surface area contributed by atoms with Gasteiger partial charge in [0.1, 0.15) is 11.5 Å². The van der Waals surface area contributed by atoms with Gasteiger partial charge in [-0.25, -0.2) is 4.79 Å². The van der Waals surface area contributed by atoms with Crippen molar-refractivity contribution in [1.29, 1.82) is 0 Å². The van der Waals surface area contributed by atoms with Crippen LogP contribution in [-0.2, 0) is 16.1 Å². The summed E-state index contributed by atoms with van der Waals surface area (Å²) in [7, 11) is 1.23. The maximum absolute atomic E-state index is 12.5. The van der Waals surface area contributed by atoms with Crippen molar-refractivity contribution < 1.29 is 28.6 Å². The summed E-state index contributed by atoms with van der Waals surface area (Å²) in [6.45, 7) is -0.0773. The molecule has 2 heterocycles. The number of furan rings is 1. The lowest BCUT2D eigenvalue weighted by molar-refractivity contribution is -0.123. The van der Waals surface area contributed by atoms with E-state index in [0.717, 1.165) is 16.7 Å². The van der Waals surface area contributed by atoms with Gasteiger partial charge in [-0.1, -0.05) is 6.07 Å². The van der Waals surface area contributed by atoms with Crippen molar-refractivity contribution in [3.8, 4) is 5.75 Å². The van der Waals surface area contributed by atoms with Crippen molar-refractivity contribution in [3.63, 3.8) is 0 Å². The molecular weight excluding hydrogens is 473 g/mol. The van der Waals surface area contributed by atoms with Gasteiger partial charge in [0, 0.05) is 0 Å². The molecule has 26 heavy (non-hydrogen) atoms. The van der Waals surface area contributed by atoms with Gasteiger partial charge in [0.2, 0.25) is 5.76 Å². The van der Waals surface area contributed by atoms with Crippen LogP contribution in [0.5, 0.6) is 5.75 Å². The summed E-state index contributed by atoms with van der Waals surface area (Å²) >= 11 is 2.80. The molecule has 1 aliphatic heterocycles. The number of carbonyl (C=O) groups excluding carboxylic acids is 3. The number of amides is 2. The second-order valence-corrected chi connectivity index (χ2v) is 7.39. The second-order valence-electron chi connectivity index (χ2n) is 5.24. The third-order valence-corrected chi connectivity index (χ3v) is 5.28. The molecular formula is C17H12INO6S. The highest BCUT2D eigenvalue weighted by atomic mass is 127. The summed E-state index contributed by atoms with van der Waals surface area (Å²) < 4.78 is 10.5. The number of nitrogens with zero attached hydrogens (tertiary/aromatic N) is 1. The van der Waals surface area contributed by atoms with E-state index in [1.54, 1.807) is 18.2 Å². The molecule has 3 rings (SSSR count). The normalized spacial score (nSPS) is 15.8. The van der Waals surface area contributed by atoms with E-state index in [0.29, 0.717) is 14.9 Å². The highest BCUT2D eigenvalue weighted by molar-refractivity contribution is 14.1. The average molecular weight is 485 g/mol. The van der Waals surface area contributed by atoms with Crippen molar-refractivity contribution in [1.82, 2.24) is 4.90 Å². The molecule has 0 unspecified atom stereocenters. The summed E-state index contributed by atoms with van der Waals surface area (Å²) in [5.41, 5.74) is 0.698. The van der Waals surface area contributed by atoms with E-state index >= 15 is 0 Å². The second kappa shape index (κ2) is 7.54. The van der Waals surface area contributed by atoms with Gasteiger partial charge >= 0.3 is 5.97 Å². The molecule has 1 N–H and O–H groups in total. The monoisotopic (exact) mass is 485 g/mol. The van der Waals surface area contributed by atoms with E-state index in [1.807, 2.05) is 22.6 Å². The maximum atomic E-state index is 12.5. The Morgan fingerprint density at radius 1 is 1.35 bits per heavy atom. The van der Waals surface area contributed by atoms with Gasteiger partial charge in [-0.3, -0.25) is 14.5 Å². The molecule has 1 saturated heterocycles. The largest absolute Gasteiger partial charge is 0.507 e. The van der Waals surface area contributed by atoms with E-state index in [9.17, 15) is 19.5 Å². The van der Waals surface area contributed by atoms with Gasteiger partial charge in [0.15, 0.2) is 0 Å². The molecule has 0 bridgehead atoms. The molecule has 2 amide bonds. The molecule has 1 aromatic carbocycles. The highest BCUT2D eigenvalue weighted by Gasteiger charge is 2.35. The molecule has 7 nitrogen and oxygen atoms in total. The predicted octanol–water partition coefficient (Wildman–Crippen LogP) is 3.61. The summed E-state index contributed by atoms with van der Waals surface area (Å²) in [5, 5.41) is 9.13. The van der Waals surface area contributed by atoms with Crippen molar-refractivity contribution in [2.45, 2.75) is 6.54 Å². The lowest BCUT2D eigenvalue weighted by Gasteiger charge is -2.09. The molecule has 134 valence electrons. The van der Waals surface area contributed by atoms with E-state index in [1.165, 1.54) is 25.3 Å². The fraction of sp³-hybridized carbons (Fsp3) is 0.118. The summed E-state index contributed by atoms with van der Waals surface area (Å²) in [6, 6.07) is 7.82. The standard InChI is InChI=1S/C17H12INO6S/c1-24-16(22)13-5-3-10(25-13)8-19-15(21)14(26-17(19)23)7-9-2-4-12(20)11(18)6-9/h2-7,20H,8H2,1H3. The first-order valence-electron chi connectivity index (χ1n) is 7.30. The predicted molar refractivity (Wildman–Crippen MR) is 102 cm³/mol. The molecule has 0 saturated carbocycles. The molecule has 9 heteroatoms. The number of aromatic hydroxyl groups is 1. The molecule has 0 radical (unpaired) electrons. The van der Waals surface area contributed by atoms with Crippen LogP contribution in [0.4, 0.5) is 4.79 Å². The number of esters is 1. The zero-order valence-electron chi connectivity index (χ0n) is 13.4. The van der Waals surface area contributed by atoms with E-state index < -0.39 is 17.1 Å². The third kappa shape index (κ3) is 3.78. The number of carbonyl (C=O) groups is 3. The number of hydrogen-bond acceptors (Lipinski definition) is 7.